The summed E-state index contributed by atoms with van der Waals surface area (Å²) in [6, 6.07) is 36.8. The van der Waals surface area contributed by atoms with Crippen molar-refractivity contribution in [2.45, 2.75) is 58.3 Å². The predicted octanol–water partition coefficient (Wildman–Crippen LogP) is 10.6. The summed E-state index contributed by atoms with van der Waals surface area (Å²) in [5.41, 5.74) is 9.69. The molecule has 0 amide bonds. The Hall–Kier alpha value is -4.77. The summed E-state index contributed by atoms with van der Waals surface area (Å²) >= 11 is 0. The highest BCUT2D eigenvalue weighted by Crippen LogP contribution is 2.55. The lowest BCUT2D eigenvalue weighted by Crippen LogP contribution is -2.35. The molecule has 2 aliphatic rings. The number of nitrogens with zero attached hydrogens (tertiary/aromatic N) is 4. The molecular formula is C40H42N4O. The first kappa shape index (κ1) is 29.0. The molecule has 0 unspecified atom stereocenters. The first-order valence-electron chi connectivity index (χ1n) is 16.1. The van der Waals surface area contributed by atoms with Crippen molar-refractivity contribution < 1.29 is 4.74 Å². The van der Waals surface area contributed by atoms with E-state index in [2.05, 4.69) is 153 Å². The van der Waals surface area contributed by atoms with Gasteiger partial charge in [0.1, 0.15) is 17.3 Å². The van der Waals surface area contributed by atoms with Crippen LogP contribution in [0.1, 0.15) is 64.2 Å². The largest absolute Gasteiger partial charge is 0.457 e. The molecular weight excluding hydrogens is 552 g/mol. The third-order valence-electron chi connectivity index (χ3n) is 9.74. The number of benzene rings is 4. The van der Waals surface area contributed by atoms with Crippen LogP contribution >= 0.6 is 0 Å². The fraction of sp³-hybridized carbons (Fsp3) is 0.275. The second kappa shape index (κ2) is 11.0. The van der Waals surface area contributed by atoms with Crippen molar-refractivity contribution in [2.24, 2.45) is 0 Å². The van der Waals surface area contributed by atoms with Crippen molar-refractivity contribution >= 4 is 34.3 Å². The molecule has 0 radical (unpaired) electrons. The van der Waals surface area contributed by atoms with Crippen LogP contribution in [0.3, 0.4) is 0 Å². The number of anilines is 6. The zero-order valence-electron chi connectivity index (χ0n) is 27.2. The Labute approximate surface area is 267 Å². The minimum Gasteiger partial charge on any atom is -0.457 e. The Morgan fingerprint density at radius 1 is 0.711 bits per heavy atom. The van der Waals surface area contributed by atoms with Gasteiger partial charge < -0.3 is 14.5 Å². The van der Waals surface area contributed by atoms with Crippen LogP contribution in [0.15, 0.2) is 109 Å². The van der Waals surface area contributed by atoms with E-state index in [0.717, 1.165) is 48.2 Å². The second-order valence-electron chi connectivity index (χ2n) is 13.3. The highest BCUT2D eigenvalue weighted by atomic mass is 16.5. The fourth-order valence-corrected chi connectivity index (χ4v) is 7.23. The molecule has 1 aromatic heterocycles. The Kier molecular flexibility index (Phi) is 7.07. The van der Waals surface area contributed by atoms with Crippen LogP contribution in [0.2, 0.25) is 0 Å². The van der Waals surface area contributed by atoms with Crippen LogP contribution in [0.4, 0.5) is 34.3 Å². The van der Waals surface area contributed by atoms with Gasteiger partial charge in [-0.2, -0.15) is 0 Å². The Balaban J connectivity index is 1.32. The summed E-state index contributed by atoms with van der Waals surface area (Å²) in [4.78, 5) is 11.9. The van der Waals surface area contributed by atoms with Crippen molar-refractivity contribution in [1.82, 2.24) is 4.98 Å². The number of fused-ring (bicyclic) bond motifs is 3. The van der Waals surface area contributed by atoms with Crippen molar-refractivity contribution in [1.29, 1.82) is 0 Å². The molecule has 5 heteroatoms. The van der Waals surface area contributed by atoms with Gasteiger partial charge >= 0.3 is 0 Å². The maximum Gasteiger partial charge on any atom is 0.137 e. The molecule has 2 aliphatic heterocycles. The van der Waals surface area contributed by atoms with Gasteiger partial charge in [0.15, 0.2) is 0 Å². The summed E-state index contributed by atoms with van der Waals surface area (Å²) in [6.45, 7) is 12.2. The lowest BCUT2D eigenvalue weighted by atomic mass is 9.67. The van der Waals surface area contributed by atoms with Gasteiger partial charge in [0.25, 0.3) is 0 Å². The molecule has 0 saturated heterocycles. The zero-order valence-corrected chi connectivity index (χ0v) is 27.2. The number of hydrogen-bond donors (Lipinski definition) is 0. The van der Waals surface area contributed by atoms with E-state index in [1.807, 2.05) is 12.3 Å². The van der Waals surface area contributed by atoms with E-state index in [4.69, 9.17) is 9.72 Å². The van der Waals surface area contributed by atoms with Crippen molar-refractivity contribution in [3.8, 4) is 11.5 Å². The lowest BCUT2D eigenvalue weighted by Gasteiger charge is -2.45. The highest BCUT2D eigenvalue weighted by Gasteiger charge is 2.42. The summed E-state index contributed by atoms with van der Waals surface area (Å²) in [5, 5.41) is 0. The predicted molar refractivity (Wildman–Crippen MR) is 187 cm³/mol. The smallest absolute Gasteiger partial charge is 0.137 e. The van der Waals surface area contributed by atoms with Gasteiger partial charge in [-0.3, -0.25) is 4.90 Å². The number of ether oxygens (including phenoxy) is 1. The minimum atomic E-state index is -0.0995. The number of para-hydroxylation sites is 3. The maximum absolute atomic E-state index is 6.66. The maximum atomic E-state index is 6.66. The Bertz CT molecular complexity index is 1870. The molecule has 7 rings (SSSR count). The van der Waals surface area contributed by atoms with E-state index in [1.54, 1.807) is 0 Å². The molecule has 5 aromatic rings. The monoisotopic (exact) mass is 594 g/mol. The second-order valence-corrected chi connectivity index (χ2v) is 13.3. The molecule has 228 valence electrons. The molecule has 0 atom stereocenters. The average molecular weight is 595 g/mol. The normalized spacial score (nSPS) is 15.0. The van der Waals surface area contributed by atoms with Crippen LogP contribution in [-0.2, 0) is 10.8 Å². The summed E-state index contributed by atoms with van der Waals surface area (Å²) in [7, 11) is 2.13. The number of aromatic nitrogens is 1. The quantitative estimate of drug-likeness (QED) is 0.195. The molecule has 45 heavy (non-hydrogen) atoms. The van der Waals surface area contributed by atoms with Crippen LogP contribution in [0.25, 0.3) is 0 Å². The molecule has 3 heterocycles. The SMILES string of the molecule is CCC1(CC)c2ccccc2N(c2cc(C(C)(C)C)ccn2)c2cc(Oc3cccc(N4CN(C)c5ccccc54)c3)ccc21. The molecule has 5 nitrogen and oxygen atoms in total. The topological polar surface area (TPSA) is 31.8 Å². The third-order valence-corrected chi connectivity index (χ3v) is 9.74. The molecule has 0 fully saturated rings. The van der Waals surface area contributed by atoms with Gasteiger partial charge in [-0.15, -0.1) is 0 Å². The van der Waals surface area contributed by atoms with Crippen LogP contribution in [0, 0.1) is 0 Å². The summed E-state index contributed by atoms with van der Waals surface area (Å²) in [5.74, 6) is 2.54. The van der Waals surface area contributed by atoms with Crippen molar-refractivity contribution in [3.05, 3.63) is 126 Å². The first-order chi connectivity index (χ1) is 21.7. The number of rotatable bonds is 6. The molecule has 0 saturated carbocycles. The van der Waals surface area contributed by atoms with Crippen molar-refractivity contribution in [3.63, 3.8) is 0 Å². The Morgan fingerprint density at radius 2 is 1.40 bits per heavy atom. The highest BCUT2D eigenvalue weighted by molar-refractivity contribution is 5.86. The standard InChI is InChI=1S/C40H42N4O/c1-7-40(8-2)32-16-9-10-17-34(32)44(38-24-28(22-23-41-38)39(3,4)5)37-26-31(20-21-33(37)40)45-30-15-13-14-29(25-30)43-27-42(6)35-18-11-12-19-36(35)43/h9-26H,7-8,27H2,1-6H3. The molecule has 0 N–H and O–H groups in total. The lowest BCUT2D eigenvalue weighted by molar-refractivity contribution is 0.466. The molecule has 0 spiro atoms. The fourth-order valence-electron chi connectivity index (χ4n) is 7.23. The van der Waals surface area contributed by atoms with E-state index in [0.29, 0.717) is 0 Å². The zero-order chi connectivity index (χ0) is 31.3. The van der Waals surface area contributed by atoms with E-state index in [1.165, 1.54) is 33.8 Å². The summed E-state index contributed by atoms with van der Waals surface area (Å²) in [6.07, 6.45) is 3.95. The Morgan fingerprint density at radius 3 is 2.16 bits per heavy atom. The van der Waals surface area contributed by atoms with Gasteiger partial charge in [-0.1, -0.05) is 77.1 Å². The molecule has 0 aliphatic carbocycles. The van der Waals surface area contributed by atoms with Gasteiger partial charge in [0, 0.05) is 36.5 Å². The number of hydrogen-bond acceptors (Lipinski definition) is 5. The minimum absolute atomic E-state index is 0.00700. The summed E-state index contributed by atoms with van der Waals surface area (Å²) < 4.78 is 6.66. The van der Waals surface area contributed by atoms with E-state index in [9.17, 15) is 0 Å². The average Bonchev–Trinajstić information content (AvgIpc) is 3.40. The van der Waals surface area contributed by atoms with Crippen LogP contribution < -0.4 is 19.4 Å². The number of pyridine rings is 1. The van der Waals surface area contributed by atoms with E-state index >= 15 is 0 Å². The van der Waals surface area contributed by atoms with Gasteiger partial charge in [-0.05, 0) is 83.5 Å². The van der Waals surface area contributed by atoms with Crippen LogP contribution in [-0.4, -0.2) is 18.7 Å². The van der Waals surface area contributed by atoms with Gasteiger partial charge in [0.2, 0.25) is 0 Å². The molecule has 0 bridgehead atoms. The van der Waals surface area contributed by atoms with E-state index in [-0.39, 0.29) is 10.8 Å². The van der Waals surface area contributed by atoms with Crippen LogP contribution in [0.5, 0.6) is 11.5 Å². The molecule has 4 aromatic carbocycles. The van der Waals surface area contributed by atoms with Gasteiger partial charge in [-0.25, -0.2) is 4.98 Å². The van der Waals surface area contributed by atoms with E-state index < -0.39 is 0 Å². The van der Waals surface area contributed by atoms with Gasteiger partial charge in [0.05, 0.1) is 29.4 Å². The van der Waals surface area contributed by atoms with Crippen molar-refractivity contribution in [2.75, 3.05) is 28.4 Å². The first-order valence-corrected chi connectivity index (χ1v) is 16.1. The third kappa shape index (κ3) is 4.82.